The zero-order chi connectivity index (χ0) is 12.8. The maximum atomic E-state index is 10.4. The van der Waals surface area contributed by atoms with Crippen LogP contribution >= 0.6 is 0 Å². The van der Waals surface area contributed by atoms with E-state index in [4.69, 9.17) is 9.47 Å². The normalized spacial score (nSPS) is 12.6. The predicted molar refractivity (Wildman–Crippen MR) is 68.6 cm³/mol. The molecule has 1 aromatic rings. The molecule has 0 aliphatic heterocycles. The third-order valence-corrected chi connectivity index (χ3v) is 3.25. The Morgan fingerprint density at radius 2 is 1.76 bits per heavy atom. The van der Waals surface area contributed by atoms with Gasteiger partial charge in [0.25, 0.3) is 0 Å². The highest BCUT2D eigenvalue weighted by molar-refractivity contribution is 5.41. The molecule has 1 N–H and O–H groups in total. The van der Waals surface area contributed by atoms with Crippen molar-refractivity contribution in [1.29, 1.82) is 0 Å². The van der Waals surface area contributed by atoms with Crippen LogP contribution in [0, 0.1) is 5.92 Å². The molecule has 3 nitrogen and oxygen atoms in total. The lowest BCUT2D eigenvalue weighted by atomic mass is 9.91. The van der Waals surface area contributed by atoms with Gasteiger partial charge in [-0.15, -0.1) is 0 Å². The highest BCUT2D eigenvalue weighted by Crippen LogP contribution is 2.35. The van der Waals surface area contributed by atoms with Gasteiger partial charge in [0.2, 0.25) is 0 Å². The van der Waals surface area contributed by atoms with Gasteiger partial charge in [-0.2, -0.15) is 0 Å². The minimum atomic E-state index is -0.505. The second-order valence-electron chi connectivity index (χ2n) is 4.13. The molecule has 96 valence electrons. The minimum Gasteiger partial charge on any atom is -0.497 e. The standard InChI is InChI=1S/C14H22O3/c1-5-10(6-2)14(15)12-9-11(16-3)7-8-13(12)17-4/h7-10,14-15H,5-6H2,1-4H3. The van der Waals surface area contributed by atoms with E-state index in [1.165, 1.54) is 0 Å². The summed E-state index contributed by atoms with van der Waals surface area (Å²) in [5.74, 6) is 1.70. The Morgan fingerprint density at radius 1 is 1.12 bits per heavy atom. The highest BCUT2D eigenvalue weighted by atomic mass is 16.5. The van der Waals surface area contributed by atoms with Crippen molar-refractivity contribution in [3.63, 3.8) is 0 Å². The predicted octanol–water partition coefficient (Wildman–Crippen LogP) is 3.17. The number of hydrogen-bond donors (Lipinski definition) is 1. The van der Waals surface area contributed by atoms with Crippen LogP contribution in [0.1, 0.15) is 38.4 Å². The van der Waals surface area contributed by atoms with Crippen LogP contribution in [-0.2, 0) is 0 Å². The summed E-state index contributed by atoms with van der Waals surface area (Å²) in [6.07, 6.45) is 1.38. The summed E-state index contributed by atoms with van der Waals surface area (Å²) in [7, 11) is 3.24. The van der Waals surface area contributed by atoms with E-state index >= 15 is 0 Å². The number of aliphatic hydroxyl groups is 1. The number of hydrogen-bond acceptors (Lipinski definition) is 3. The number of rotatable bonds is 6. The Morgan fingerprint density at radius 3 is 2.24 bits per heavy atom. The van der Waals surface area contributed by atoms with Gasteiger partial charge in [0.05, 0.1) is 20.3 Å². The van der Waals surface area contributed by atoms with Crippen molar-refractivity contribution < 1.29 is 14.6 Å². The van der Waals surface area contributed by atoms with Crippen LogP contribution < -0.4 is 9.47 Å². The molecule has 1 aromatic carbocycles. The third kappa shape index (κ3) is 3.13. The van der Waals surface area contributed by atoms with E-state index in [1.54, 1.807) is 14.2 Å². The van der Waals surface area contributed by atoms with Crippen LogP contribution in [0.2, 0.25) is 0 Å². The lowest BCUT2D eigenvalue weighted by molar-refractivity contribution is 0.100. The fourth-order valence-electron chi connectivity index (χ4n) is 2.06. The number of ether oxygens (including phenoxy) is 2. The van der Waals surface area contributed by atoms with Crippen LogP contribution in [0.25, 0.3) is 0 Å². The molecule has 1 rings (SSSR count). The van der Waals surface area contributed by atoms with Crippen LogP contribution in [0.5, 0.6) is 11.5 Å². The summed E-state index contributed by atoms with van der Waals surface area (Å²) in [5, 5.41) is 10.4. The molecule has 3 heteroatoms. The molecule has 0 aliphatic rings. The molecular weight excluding hydrogens is 216 g/mol. The number of methoxy groups -OCH3 is 2. The smallest absolute Gasteiger partial charge is 0.124 e. The second-order valence-corrected chi connectivity index (χ2v) is 4.13. The van der Waals surface area contributed by atoms with Gasteiger partial charge in [0, 0.05) is 5.56 Å². The van der Waals surface area contributed by atoms with E-state index in [0.29, 0.717) is 5.75 Å². The van der Waals surface area contributed by atoms with Crippen LogP contribution in [-0.4, -0.2) is 19.3 Å². The van der Waals surface area contributed by atoms with E-state index < -0.39 is 6.10 Å². The minimum absolute atomic E-state index is 0.246. The number of aliphatic hydroxyl groups excluding tert-OH is 1. The molecule has 0 bridgehead atoms. The summed E-state index contributed by atoms with van der Waals surface area (Å²) < 4.78 is 10.5. The van der Waals surface area contributed by atoms with Crippen molar-refractivity contribution in [2.75, 3.05) is 14.2 Å². The SMILES string of the molecule is CCC(CC)C(O)c1cc(OC)ccc1OC. The molecule has 17 heavy (non-hydrogen) atoms. The molecule has 1 atom stereocenters. The summed E-state index contributed by atoms with van der Waals surface area (Å²) >= 11 is 0. The van der Waals surface area contributed by atoms with Gasteiger partial charge >= 0.3 is 0 Å². The van der Waals surface area contributed by atoms with Crippen molar-refractivity contribution in [1.82, 2.24) is 0 Å². The van der Waals surface area contributed by atoms with Crippen LogP contribution in [0.3, 0.4) is 0 Å². The fraction of sp³-hybridized carbons (Fsp3) is 0.571. The summed E-state index contributed by atoms with van der Waals surface area (Å²) in [6, 6.07) is 5.52. The first-order valence-corrected chi connectivity index (χ1v) is 6.07. The van der Waals surface area contributed by atoms with E-state index in [9.17, 15) is 5.11 Å². The van der Waals surface area contributed by atoms with Crippen molar-refractivity contribution in [3.8, 4) is 11.5 Å². The fourth-order valence-corrected chi connectivity index (χ4v) is 2.06. The molecule has 0 heterocycles. The van der Waals surface area contributed by atoms with Crippen molar-refractivity contribution in [2.45, 2.75) is 32.8 Å². The molecular formula is C14H22O3. The van der Waals surface area contributed by atoms with Gasteiger partial charge in [0.15, 0.2) is 0 Å². The zero-order valence-corrected chi connectivity index (χ0v) is 11.1. The first kappa shape index (κ1) is 13.8. The van der Waals surface area contributed by atoms with Crippen LogP contribution in [0.15, 0.2) is 18.2 Å². The monoisotopic (exact) mass is 238 g/mol. The lowest BCUT2D eigenvalue weighted by Crippen LogP contribution is -2.12. The average Bonchev–Trinajstić information content (AvgIpc) is 2.39. The van der Waals surface area contributed by atoms with E-state index in [-0.39, 0.29) is 5.92 Å². The van der Waals surface area contributed by atoms with E-state index in [2.05, 4.69) is 13.8 Å². The molecule has 0 radical (unpaired) electrons. The van der Waals surface area contributed by atoms with Crippen molar-refractivity contribution in [2.24, 2.45) is 5.92 Å². The Balaban J connectivity index is 3.08. The summed E-state index contributed by atoms with van der Waals surface area (Å²) in [6.45, 7) is 4.17. The maximum absolute atomic E-state index is 10.4. The maximum Gasteiger partial charge on any atom is 0.124 e. The van der Waals surface area contributed by atoms with Gasteiger partial charge in [0.1, 0.15) is 11.5 Å². The summed E-state index contributed by atoms with van der Waals surface area (Å²) in [4.78, 5) is 0. The Labute approximate surface area is 103 Å². The molecule has 0 saturated carbocycles. The molecule has 0 fully saturated rings. The van der Waals surface area contributed by atoms with Gasteiger partial charge in [-0.3, -0.25) is 0 Å². The van der Waals surface area contributed by atoms with Gasteiger partial charge < -0.3 is 14.6 Å². The topological polar surface area (TPSA) is 38.7 Å². The lowest BCUT2D eigenvalue weighted by Gasteiger charge is -2.22. The highest BCUT2D eigenvalue weighted by Gasteiger charge is 2.21. The molecule has 0 aliphatic carbocycles. The van der Waals surface area contributed by atoms with Gasteiger partial charge in [-0.1, -0.05) is 26.7 Å². The largest absolute Gasteiger partial charge is 0.497 e. The molecule has 0 saturated heterocycles. The molecule has 0 spiro atoms. The van der Waals surface area contributed by atoms with E-state index in [0.717, 1.165) is 24.2 Å². The molecule has 0 amide bonds. The Hall–Kier alpha value is -1.22. The van der Waals surface area contributed by atoms with Gasteiger partial charge in [-0.05, 0) is 24.1 Å². The number of benzene rings is 1. The van der Waals surface area contributed by atoms with Crippen molar-refractivity contribution >= 4 is 0 Å². The zero-order valence-electron chi connectivity index (χ0n) is 11.1. The van der Waals surface area contributed by atoms with Gasteiger partial charge in [-0.25, -0.2) is 0 Å². The van der Waals surface area contributed by atoms with E-state index in [1.807, 2.05) is 18.2 Å². The van der Waals surface area contributed by atoms with Crippen molar-refractivity contribution in [3.05, 3.63) is 23.8 Å². The Kier molecular flexibility index (Phi) is 5.29. The third-order valence-electron chi connectivity index (χ3n) is 3.25. The quantitative estimate of drug-likeness (QED) is 0.827. The first-order chi connectivity index (χ1) is 8.17. The summed E-state index contributed by atoms with van der Waals surface area (Å²) in [5.41, 5.74) is 0.806. The molecule has 0 aromatic heterocycles. The second kappa shape index (κ2) is 6.50. The molecule has 1 unspecified atom stereocenters. The average molecular weight is 238 g/mol. The first-order valence-electron chi connectivity index (χ1n) is 6.07. The van der Waals surface area contributed by atoms with Crippen LogP contribution in [0.4, 0.5) is 0 Å². The Bertz CT molecular complexity index is 345.